The molecule has 0 bridgehead atoms. The van der Waals surface area contributed by atoms with Crippen LogP contribution in [-0.4, -0.2) is 18.5 Å². The number of esters is 1. The van der Waals surface area contributed by atoms with Crippen molar-refractivity contribution >= 4 is 35.1 Å². The van der Waals surface area contributed by atoms with E-state index in [4.69, 9.17) is 27.9 Å². The Balaban J connectivity index is 1.88. The lowest BCUT2D eigenvalue weighted by atomic mass is 10.1. The molecule has 0 aliphatic carbocycles. The summed E-state index contributed by atoms with van der Waals surface area (Å²) in [4.78, 5) is 23.9. The van der Waals surface area contributed by atoms with E-state index in [1.165, 1.54) is 18.2 Å². The van der Waals surface area contributed by atoms with Crippen molar-refractivity contribution in [3.8, 4) is 0 Å². The minimum atomic E-state index is -0.671. The van der Waals surface area contributed by atoms with E-state index >= 15 is 0 Å². The molecule has 0 aliphatic rings. The number of carbonyl (C=O) groups is 2. The van der Waals surface area contributed by atoms with E-state index in [1.807, 2.05) is 38.1 Å². The smallest absolute Gasteiger partial charge is 0.340 e. The lowest BCUT2D eigenvalue weighted by molar-refractivity contribution is -0.124. The molecule has 2 aromatic rings. The van der Waals surface area contributed by atoms with Gasteiger partial charge in [-0.2, -0.15) is 0 Å². The summed E-state index contributed by atoms with van der Waals surface area (Å²) in [6.45, 7) is 3.48. The highest BCUT2D eigenvalue weighted by molar-refractivity contribution is 6.36. The summed E-state index contributed by atoms with van der Waals surface area (Å²) in [5.41, 5.74) is 2.28. The summed E-state index contributed by atoms with van der Waals surface area (Å²) in [5, 5.41) is 3.38. The van der Waals surface area contributed by atoms with Crippen LogP contribution in [-0.2, 0) is 9.53 Å². The minimum Gasteiger partial charge on any atom is -0.452 e. The summed E-state index contributed by atoms with van der Waals surface area (Å²) in [6.07, 6.45) is 0. The Labute approximate surface area is 150 Å². The quantitative estimate of drug-likeness (QED) is 0.801. The highest BCUT2D eigenvalue weighted by Gasteiger charge is 2.15. The molecule has 0 heterocycles. The topological polar surface area (TPSA) is 55.4 Å². The second-order valence-corrected chi connectivity index (χ2v) is 6.24. The number of ether oxygens (including phenoxy) is 1. The van der Waals surface area contributed by atoms with Crippen LogP contribution in [0.2, 0.25) is 10.0 Å². The molecule has 4 nitrogen and oxygen atoms in total. The Hall–Kier alpha value is -2.04. The highest BCUT2D eigenvalue weighted by atomic mass is 35.5. The molecular formula is C18H17Cl2NO3. The first-order chi connectivity index (χ1) is 11.4. The fraction of sp³-hybridized carbons (Fsp3) is 0.222. The molecule has 1 atom stereocenters. The molecule has 1 N–H and O–H groups in total. The number of benzene rings is 2. The minimum absolute atomic E-state index is 0.167. The predicted octanol–water partition coefficient (Wildman–Crippen LogP) is 4.34. The van der Waals surface area contributed by atoms with Crippen molar-refractivity contribution in [3.05, 3.63) is 69.2 Å². The third-order valence-electron chi connectivity index (χ3n) is 3.44. The zero-order chi connectivity index (χ0) is 17.7. The maximum absolute atomic E-state index is 11.9. The first kappa shape index (κ1) is 18.3. The van der Waals surface area contributed by atoms with Crippen LogP contribution in [0.4, 0.5) is 0 Å². The third kappa shape index (κ3) is 4.98. The van der Waals surface area contributed by atoms with Crippen LogP contribution in [0.3, 0.4) is 0 Å². The fourth-order valence-electron chi connectivity index (χ4n) is 2.09. The molecule has 0 aromatic heterocycles. The van der Waals surface area contributed by atoms with Crippen molar-refractivity contribution in [1.29, 1.82) is 0 Å². The highest BCUT2D eigenvalue weighted by Crippen LogP contribution is 2.21. The molecule has 1 amide bonds. The van der Waals surface area contributed by atoms with Gasteiger partial charge in [0, 0.05) is 5.02 Å². The average Bonchev–Trinajstić information content (AvgIpc) is 2.53. The van der Waals surface area contributed by atoms with Gasteiger partial charge in [0.05, 0.1) is 16.6 Å². The lowest BCUT2D eigenvalue weighted by Crippen LogP contribution is -2.31. The molecule has 0 spiro atoms. The Morgan fingerprint density at radius 3 is 2.42 bits per heavy atom. The molecule has 0 fully saturated rings. The van der Waals surface area contributed by atoms with Gasteiger partial charge in [0.25, 0.3) is 5.91 Å². The molecule has 2 rings (SSSR count). The molecule has 24 heavy (non-hydrogen) atoms. The zero-order valence-corrected chi connectivity index (χ0v) is 14.8. The number of halogens is 2. The van der Waals surface area contributed by atoms with E-state index in [1.54, 1.807) is 0 Å². The standard InChI is InChI=1S/C18H17Cl2NO3/c1-11-3-5-13(6-4-11)12(2)21-17(22)10-24-18(23)15-8-7-14(19)9-16(15)20/h3-9,12H,10H2,1-2H3,(H,21,22). The number of aryl methyl sites for hydroxylation is 1. The number of amides is 1. The second-order valence-electron chi connectivity index (χ2n) is 5.40. The van der Waals surface area contributed by atoms with Crippen LogP contribution >= 0.6 is 23.2 Å². The van der Waals surface area contributed by atoms with Crippen LogP contribution < -0.4 is 5.32 Å². The average molecular weight is 366 g/mol. The van der Waals surface area contributed by atoms with Gasteiger partial charge in [-0.15, -0.1) is 0 Å². The number of carbonyl (C=O) groups excluding carboxylic acids is 2. The molecule has 126 valence electrons. The lowest BCUT2D eigenvalue weighted by Gasteiger charge is -2.14. The van der Waals surface area contributed by atoms with E-state index in [2.05, 4.69) is 5.32 Å². The van der Waals surface area contributed by atoms with Crippen molar-refractivity contribution in [2.45, 2.75) is 19.9 Å². The van der Waals surface area contributed by atoms with E-state index in [-0.39, 0.29) is 29.1 Å². The van der Waals surface area contributed by atoms with E-state index in [9.17, 15) is 9.59 Å². The summed E-state index contributed by atoms with van der Waals surface area (Å²) in [5.74, 6) is -1.06. The molecule has 6 heteroatoms. The van der Waals surface area contributed by atoms with Crippen molar-refractivity contribution in [3.63, 3.8) is 0 Å². The van der Waals surface area contributed by atoms with Gasteiger partial charge in [0.1, 0.15) is 0 Å². The van der Waals surface area contributed by atoms with Crippen molar-refractivity contribution in [2.24, 2.45) is 0 Å². The predicted molar refractivity (Wildman–Crippen MR) is 94.5 cm³/mol. The second kappa shape index (κ2) is 8.18. The van der Waals surface area contributed by atoms with Gasteiger partial charge in [-0.05, 0) is 37.6 Å². The number of nitrogens with one attached hydrogen (secondary N) is 1. The van der Waals surface area contributed by atoms with E-state index in [0.717, 1.165) is 11.1 Å². The summed E-state index contributed by atoms with van der Waals surface area (Å²) in [7, 11) is 0. The Morgan fingerprint density at radius 2 is 1.79 bits per heavy atom. The molecule has 0 aliphatic heterocycles. The SMILES string of the molecule is Cc1ccc(C(C)NC(=O)COC(=O)c2ccc(Cl)cc2Cl)cc1. The van der Waals surface area contributed by atoms with Gasteiger partial charge in [-0.25, -0.2) is 4.79 Å². The van der Waals surface area contributed by atoms with Crippen LogP contribution in [0.5, 0.6) is 0 Å². The number of hydrogen-bond donors (Lipinski definition) is 1. The molecule has 2 aromatic carbocycles. The van der Waals surface area contributed by atoms with Crippen LogP contribution in [0.25, 0.3) is 0 Å². The van der Waals surface area contributed by atoms with Crippen LogP contribution in [0, 0.1) is 6.92 Å². The Kier molecular flexibility index (Phi) is 6.23. The molecular weight excluding hydrogens is 349 g/mol. The molecule has 0 radical (unpaired) electrons. The molecule has 1 unspecified atom stereocenters. The molecule has 0 saturated heterocycles. The van der Waals surface area contributed by atoms with Gasteiger partial charge in [0.2, 0.25) is 0 Å². The van der Waals surface area contributed by atoms with Crippen molar-refractivity contribution in [1.82, 2.24) is 5.32 Å². The third-order valence-corrected chi connectivity index (χ3v) is 3.99. The van der Waals surface area contributed by atoms with Gasteiger partial charge >= 0.3 is 5.97 Å². The zero-order valence-electron chi connectivity index (χ0n) is 13.3. The van der Waals surface area contributed by atoms with Gasteiger partial charge in [0.15, 0.2) is 6.61 Å². The number of rotatable bonds is 5. The molecule has 0 saturated carbocycles. The first-order valence-corrected chi connectivity index (χ1v) is 8.10. The normalized spacial score (nSPS) is 11.7. The summed E-state index contributed by atoms with van der Waals surface area (Å²) < 4.78 is 4.99. The van der Waals surface area contributed by atoms with E-state index in [0.29, 0.717) is 5.02 Å². The number of hydrogen-bond acceptors (Lipinski definition) is 3. The van der Waals surface area contributed by atoms with Crippen LogP contribution in [0.1, 0.15) is 34.5 Å². The summed E-state index contributed by atoms with van der Waals surface area (Å²) in [6, 6.07) is 12.1. The van der Waals surface area contributed by atoms with Crippen molar-refractivity contribution in [2.75, 3.05) is 6.61 Å². The van der Waals surface area contributed by atoms with Gasteiger partial charge in [-0.3, -0.25) is 4.79 Å². The summed E-state index contributed by atoms with van der Waals surface area (Å²) >= 11 is 11.7. The maximum atomic E-state index is 11.9. The largest absolute Gasteiger partial charge is 0.452 e. The van der Waals surface area contributed by atoms with Crippen LogP contribution in [0.15, 0.2) is 42.5 Å². The monoisotopic (exact) mass is 365 g/mol. The van der Waals surface area contributed by atoms with Gasteiger partial charge in [-0.1, -0.05) is 53.0 Å². The first-order valence-electron chi connectivity index (χ1n) is 7.35. The van der Waals surface area contributed by atoms with Crippen molar-refractivity contribution < 1.29 is 14.3 Å². The van der Waals surface area contributed by atoms with E-state index < -0.39 is 5.97 Å². The van der Waals surface area contributed by atoms with Gasteiger partial charge < -0.3 is 10.1 Å². The Bertz CT molecular complexity index is 744. The fourth-order valence-corrected chi connectivity index (χ4v) is 2.57. The maximum Gasteiger partial charge on any atom is 0.340 e. The Morgan fingerprint density at radius 1 is 1.12 bits per heavy atom.